The zero-order valence-electron chi connectivity index (χ0n) is 17.6. The fourth-order valence-corrected chi connectivity index (χ4v) is 4.35. The number of nitrogens with zero attached hydrogens (tertiary/aromatic N) is 4. The van der Waals surface area contributed by atoms with Gasteiger partial charge in [0.15, 0.2) is 17.1 Å². The number of ether oxygens (including phenoxy) is 2. The van der Waals surface area contributed by atoms with Gasteiger partial charge in [-0.05, 0) is 25.0 Å². The van der Waals surface area contributed by atoms with Crippen molar-refractivity contribution in [3.05, 3.63) is 44.9 Å². The molecule has 1 fully saturated rings. The minimum atomic E-state index is -0.472. The Bertz CT molecular complexity index is 1360. The number of fused-ring (bicyclic) bond motifs is 2. The van der Waals surface area contributed by atoms with E-state index in [9.17, 15) is 14.4 Å². The van der Waals surface area contributed by atoms with Crippen LogP contribution < -0.4 is 26.0 Å². The third-order valence-corrected chi connectivity index (χ3v) is 6.37. The Kier molecular flexibility index (Phi) is 5.12. The number of carbonyl (C=O) groups is 1. The molecule has 0 bridgehead atoms. The lowest BCUT2D eigenvalue weighted by Crippen LogP contribution is -2.37. The molecule has 0 radical (unpaired) electrons. The van der Waals surface area contributed by atoms with Crippen molar-refractivity contribution in [2.24, 2.45) is 14.1 Å². The maximum absolute atomic E-state index is 12.8. The number of aromatic nitrogens is 4. The molecule has 2 aromatic heterocycles. The number of hydrogen-bond acceptors (Lipinski definition) is 8. The Morgan fingerprint density at radius 1 is 1.12 bits per heavy atom. The van der Waals surface area contributed by atoms with Gasteiger partial charge in [-0.15, -0.1) is 0 Å². The van der Waals surface area contributed by atoms with Crippen LogP contribution >= 0.6 is 11.8 Å². The largest absolute Gasteiger partial charge is 0.486 e. The summed E-state index contributed by atoms with van der Waals surface area (Å²) in [5, 5.41) is 3.48. The van der Waals surface area contributed by atoms with Crippen molar-refractivity contribution in [3.8, 4) is 11.5 Å². The summed E-state index contributed by atoms with van der Waals surface area (Å²) in [4.78, 5) is 46.9. The second-order valence-corrected chi connectivity index (χ2v) is 8.72. The molecule has 1 aliphatic heterocycles. The van der Waals surface area contributed by atoms with Gasteiger partial charge < -0.3 is 14.8 Å². The van der Waals surface area contributed by atoms with Gasteiger partial charge in [0.1, 0.15) is 29.5 Å². The van der Waals surface area contributed by atoms with E-state index in [0.29, 0.717) is 46.9 Å². The first-order chi connectivity index (χ1) is 15.4. The minimum Gasteiger partial charge on any atom is -0.486 e. The standard InChI is InChI=1S/C21H21N5O5S/c1-25-18-16(20(28)26(2)21(25)29)19(24-17(23-18)11-3-4-11)32-10-15(27)22-12-5-6-13-14(9-12)31-8-7-30-13/h5-6,9,11H,3-4,7-8,10H2,1-2H3,(H,22,27). The van der Waals surface area contributed by atoms with Crippen LogP contribution in [0.25, 0.3) is 11.0 Å². The molecule has 166 valence electrons. The van der Waals surface area contributed by atoms with Crippen LogP contribution in [0.15, 0.2) is 32.8 Å². The summed E-state index contributed by atoms with van der Waals surface area (Å²) >= 11 is 1.16. The molecule has 2 aliphatic rings. The lowest BCUT2D eigenvalue weighted by atomic mass is 10.2. The van der Waals surface area contributed by atoms with Crippen molar-refractivity contribution in [2.45, 2.75) is 23.8 Å². The lowest BCUT2D eigenvalue weighted by Gasteiger charge is -2.19. The summed E-state index contributed by atoms with van der Waals surface area (Å²) in [6, 6.07) is 5.21. The first kappa shape index (κ1) is 20.6. The number of anilines is 1. The van der Waals surface area contributed by atoms with Crippen LogP contribution in [0.3, 0.4) is 0 Å². The number of amides is 1. The van der Waals surface area contributed by atoms with Crippen molar-refractivity contribution < 1.29 is 14.3 Å². The molecule has 3 heterocycles. The summed E-state index contributed by atoms with van der Waals surface area (Å²) in [7, 11) is 3.00. The number of benzene rings is 1. The van der Waals surface area contributed by atoms with Gasteiger partial charge in [-0.2, -0.15) is 0 Å². The van der Waals surface area contributed by atoms with Crippen molar-refractivity contribution in [1.82, 2.24) is 19.1 Å². The molecule has 1 saturated carbocycles. The van der Waals surface area contributed by atoms with Crippen LogP contribution in [0.1, 0.15) is 24.6 Å². The molecule has 5 rings (SSSR count). The molecule has 0 atom stereocenters. The monoisotopic (exact) mass is 455 g/mol. The second-order valence-electron chi connectivity index (χ2n) is 7.76. The van der Waals surface area contributed by atoms with E-state index in [4.69, 9.17) is 9.47 Å². The van der Waals surface area contributed by atoms with Crippen molar-refractivity contribution in [2.75, 3.05) is 24.3 Å². The van der Waals surface area contributed by atoms with E-state index in [0.717, 1.165) is 29.2 Å². The maximum atomic E-state index is 12.8. The number of carbonyl (C=O) groups excluding carboxylic acids is 1. The topological polar surface area (TPSA) is 117 Å². The summed E-state index contributed by atoms with van der Waals surface area (Å²) in [5.74, 6) is 1.84. The van der Waals surface area contributed by atoms with Crippen molar-refractivity contribution in [1.29, 1.82) is 0 Å². The summed E-state index contributed by atoms with van der Waals surface area (Å²) in [5.41, 5.74) is -0.0374. The predicted molar refractivity (Wildman–Crippen MR) is 119 cm³/mol. The van der Waals surface area contributed by atoms with E-state index >= 15 is 0 Å². The maximum Gasteiger partial charge on any atom is 0.332 e. The van der Waals surface area contributed by atoms with E-state index in [1.165, 1.54) is 11.6 Å². The van der Waals surface area contributed by atoms with Gasteiger partial charge in [-0.25, -0.2) is 14.8 Å². The highest BCUT2D eigenvalue weighted by molar-refractivity contribution is 8.00. The van der Waals surface area contributed by atoms with Gasteiger partial charge in [0.05, 0.1) is 5.75 Å². The highest BCUT2D eigenvalue weighted by atomic mass is 32.2. The van der Waals surface area contributed by atoms with E-state index in [1.807, 2.05) is 0 Å². The Hall–Kier alpha value is -3.34. The lowest BCUT2D eigenvalue weighted by molar-refractivity contribution is -0.113. The van der Waals surface area contributed by atoms with Crippen LogP contribution in [0, 0.1) is 0 Å². The molecular formula is C21H21N5O5S. The van der Waals surface area contributed by atoms with Gasteiger partial charge in [0.2, 0.25) is 5.91 Å². The zero-order valence-corrected chi connectivity index (χ0v) is 18.4. The first-order valence-corrected chi connectivity index (χ1v) is 11.2. The third-order valence-electron chi connectivity index (χ3n) is 5.39. The van der Waals surface area contributed by atoms with Crippen LogP contribution in [0.2, 0.25) is 0 Å². The molecule has 1 aromatic carbocycles. The highest BCUT2D eigenvalue weighted by Gasteiger charge is 2.29. The number of nitrogens with one attached hydrogen (secondary N) is 1. The fourth-order valence-electron chi connectivity index (χ4n) is 3.53. The molecule has 10 nitrogen and oxygen atoms in total. The molecule has 32 heavy (non-hydrogen) atoms. The first-order valence-electron chi connectivity index (χ1n) is 10.2. The fraction of sp³-hybridized carbons (Fsp3) is 0.381. The quantitative estimate of drug-likeness (QED) is 0.453. The Labute approximate surface area is 186 Å². The predicted octanol–water partition coefficient (Wildman–Crippen LogP) is 1.41. The minimum absolute atomic E-state index is 0.0384. The molecule has 1 N–H and O–H groups in total. The number of rotatable bonds is 5. The zero-order chi connectivity index (χ0) is 22.4. The Morgan fingerprint density at radius 2 is 1.88 bits per heavy atom. The number of hydrogen-bond donors (Lipinski definition) is 1. The molecule has 3 aromatic rings. The molecule has 11 heteroatoms. The van der Waals surface area contributed by atoms with E-state index in [1.54, 1.807) is 25.2 Å². The van der Waals surface area contributed by atoms with Gasteiger partial charge in [0, 0.05) is 31.8 Å². The van der Waals surface area contributed by atoms with Crippen LogP contribution in [0.5, 0.6) is 11.5 Å². The summed E-state index contributed by atoms with van der Waals surface area (Å²) in [6.07, 6.45) is 1.94. The van der Waals surface area contributed by atoms with Crippen LogP contribution in [-0.2, 0) is 18.9 Å². The molecule has 0 spiro atoms. The Morgan fingerprint density at radius 3 is 2.62 bits per heavy atom. The molecular weight excluding hydrogens is 434 g/mol. The average molecular weight is 455 g/mol. The van der Waals surface area contributed by atoms with Crippen LogP contribution in [0.4, 0.5) is 5.69 Å². The van der Waals surface area contributed by atoms with Crippen molar-refractivity contribution >= 4 is 34.4 Å². The summed E-state index contributed by atoms with van der Waals surface area (Å²) < 4.78 is 13.4. The van der Waals surface area contributed by atoms with E-state index < -0.39 is 11.2 Å². The normalized spacial score (nSPS) is 15.1. The number of aryl methyl sites for hydroxylation is 1. The summed E-state index contributed by atoms with van der Waals surface area (Å²) in [6.45, 7) is 0.956. The highest BCUT2D eigenvalue weighted by Crippen LogP contribution is 2.39. The van der Waals surface area contributed by atoms with E-state index in [2.05, 4.69) is 15.3 Å². The number of thioether (sulfide) groups is 1. The average Bonchev–Trinajstić information content (AvgIpc) is 3.65. The smallest absolute Gasteiger partial charge is 0.332 e. The van der Waals surface area contributed by atoms with Gasteiger partial charge in [-0.3, -0.25) is 18.7 Å². The van der Waals surface area contributed by atoms with Gasteiger partial charge in [-0.1, -0.05) is 11.8 Å². The van der Waals surface area contributed by atoms with Crippen molar-refractivity contribution in [3.63, 3.8) is 0 Å². The molecule has 1 aliphatic carbocycles. The molecule has 0 saturated heterocycles. The molecule has 1 amide bonds. The Balaban J connectivity index is 1.42. The second kappa shape index (κ2) is 7.97. The molecule has 0 unspecified atom stereocenters. The van der Waals surface area contributed by atoms with Gasteiger partial charge >= 0.3 is 5.69 Å². The van der Waals surface area contributed by atoms with Crippen LogP contribution in [-0.4, -0.2) is 44.0 Å². The van der Waals surface area contributed by atoms with Gasteiger partial charge in [0.25, 0.3) is 5.56 Å². The SMILES string of the molecule is Cn1c(=O)c2c(SCC(=O)Nc3ccc4c(c3)OCCO4)nc(C3CC3)nc2n(C)c1=O. The third kappa shape index (κ3) is 3.72. The van der Waals surface area contributed by atoms with E-state index in [-0.39, 0.29) is 23.0 Å².